The molecule has 1 amide bonds. The van der Waals surface area contributed by atoms with Crippen LogP contribution in [0, 0.1) is 10.1 Å². The van der Waals surface area contributed by atoms with Gasteiger partial charge in [0.2, 0.25) is 5.91 Å². The molecule has 8 nitrogen and oxygen atoms in total. The Labute approximate surface area is 152 Å². The monoisotopic (exact) mass is 373 g/mol. The van der Waals surface area contributed by atoms with Crippen molar-refractivity contribution in [2.75, 3.05) is 19.5 Å². The van der Waals surface area contributed by atoms with E-state index in [0.29, 0.717) is 22.1 Å². The van der Waals surface area contributed by atoms with Gasteiger partial charge in [0.15, 0.2) is 16.6 Å². The van der Waals surface area contributed by atoms with Crippen molar-refractivity contribution in [3.8, 4) is 11.5 Å². The minimum absolute atomic E-state index is 0.0361. The Hall–Kier alpha value is -3.20. The van der Waals surface area contributed by atoms with Crippen molar-refractivity contribution in [2.45, 2.75) is 6.42 Å². The highest BCUT2D eigenvalue weighted by Crippen LogP contribution is 2.30. The van der Waals surface area contributed by atoms with E-state index in [-0.39, 0.29) is 18.0 Å². The Morgan fingerprint density at radius 3 is 2.65 bits per heavy atom. The first-order chi connectivity index (χ1) is 12.5. The Morgan fingerprint density at radius 1 is 1.19 bits per heavy atom. The molecule has 1 heterocycles. The number of amides is 1. The zero-order chi connectivity index (χ0) is 18.7. The third-order valence-electron chi connectivity index (χ3n) is 3.64. The number of methoxy groups -OCH3 is 2. The first-order valence-electron chi connectivity index (χ1n) is 7.56. The predicted octanol–water partition coefficient (Wildman–Crippen LogP) is 3.40. The third kappa shape index (κ3) is 3.72. The summed E-state index contributed by atoms with van der Waals surface area (Å²) in [5.74, 6) is 0.889. The lowest BCUT2D eigenvalue weighted by molar-refractivity contribution is -0.384. The van der Waals surface area contributed by atoms with E-state index in [0.717, 1.165) is 10.3 Å². The number of nitro groups is 1. The van der Waals surface area contributed by atoms with E-state index in [9.17, 15) is 14.9 Å². The number of benzene rings is 2. The molecule has 0 atom stereocenters. The Bertz CT molecular complexity index is 986. The standard InChI is InChI=1S/C17H15N3O5S/c1-24-13-5-3-10(7-14(13)25-2)8-16(21)19-17-18-12-9-11(20(22)23)4-6-15(12)26-17/h3-7,9H,8H2,1-2H3,(H,18,19,21). The summed E-state index contributed by atoms with van der Waals surface area (Å²) in [6, 6.07) is 9.67. The second-order valence-electron chi connectivity index (χ2n) is 5.34. The molecule has 1 aromatic heterocycles. The van der Waals surface area contributed by atoms with Crippen LogP contribution < -0.4 is 14.8 Å². The number of hydrogen-bond donors (Lipinski definition) is 1. The summed E-state index contributed by atoms with van der Waals surface area (Å²) in [5.41, 5.74) is 1.20. The third-order valence-corrected chi connectivity index (χ3v) is 4.59. The molecule has 1 N–H and O–H groups in total. The average Bonchev–Trinajstić information content (AvgIpc) is 3.02. The molecule has 0 aliphatic carbocycles. The smallest absolute Gasteiger partial charge is 0.271 e. The minimum atomic E-state index is -0.478. The largest absolute Gasteiger partial charge is 0.493 e. The SMILES string of the molecule is COc1ccc(CC(=O)Nc2nc3cc([N+](=O)[O-])ccc3s2)cc1OC. The van der Waals surface area contributed by atoms with E-state index >= 15 is 0 Å². The summed E-state index contributed by atoms with van der Waals surface area (Å²) in [6.07, 6.45) is 0.135. The van der Waals surface area contributed by atoms with Crippen LogP contribution in [0.2, 0.25) is 0 Å². The first-order valence-corrected chi connectivity index (χ1v) is 8.37. The van der Waals surface area contributed by atoms with Gasteiger partial charge in [-0.05, 0) is 23.8 Å². The van der Waals surface area contributed by atoms with Crippen LogP contribution in [-0.2, 0) is 11.2 Å². The fourth-order valence-corrected chi connectivity index (χ4v) is 3.28. The Balaban J connectivity index is 1.73. The maximum absolute atomic E-state index is 12.3. The summed E-state index contributed by atoms with van der Waals surface area (Å²) in [5, 5.41) is 13.9. The topological polar surface area (TPSA) is 104 Å². The normalized spacial score (nSPS) is 10.5. The van der Waals surface area contributed by atoms with Crippen molar-refractivity contribution < 1.29 is 19.2 Å². The van der Waals surface area contributed by atoms with Gasteiger partial charge in [0.1, 0.15) is 0 Å². The average molecular weight is 373 g/mol. The van der Waals surface area contributed by atoms with Gasteiger partial charge in [-0.25, -0.2) is 4.98 Å². The fourth-order valence-electron chi connectivity index (χ4n) is 2.42. The van der Waals surface area contributed by atoms with Gasteiger partial charge in [0.05, 0.1) is 35.8 Å². The second kappa shape index (κ2) is 7.36. The van der Waals surface area contributed by atoms with Crippen molar-refractivity contribution in [2.24, 2.45) is 0 Å². The summed E-state index contributed by atoms with van der Waals surface area (Å²) in [4.78, 5) is 26.8. The van der Waals surface area contributed by atoms with Gasteiger partial charge in [0, 0.05) is 12.1 Å². The minimum Gasteiger partial charge on any atom is -0.493 e. The van der Waals surface area contributed by atoms with Gasteiger partial charge >= 0.3 is 0 Å². The summed E-state index contributed by atoms with van der Waals surface area (Å²) >= 11 is 1.26. The van der Waals surface area contributed by atoms with Gasteiger partial charge in [0.25, 0.3) is 5.69 Å². The van der Waals surface area contributed by atoms with Gasteiger partial charge in [-0.3, -0.25) is 14.9 Å². The number of nitro benzene ring substituents is 1. The van der Waals surface area contributed by atoms with E-state index in [1.807, 2.05) is 0 Å². The maximum Gasteiger partial charge on any atom is 0.271 e. The maximum atomic E-state index is 12.3. The number of thiazole rings is 1. The number of hydrogen-bond acceptors (Lipinski definition) is 7. The van der Waals surface area contributed by atoms with Gasteiger partial charge in [-0.1, -0.05) is 17.4 Å². The van der Waals surface area contributed by atoms with Gasteiger partial charge in [-0.15, -0.1) is 0 Å². The number of carbonyl (C=O) groups is 1. The van der Waals surface area contributed by atoms with Crippen LogP contribution in [0.25, 0.3) is 10.2 Å². The van der Waals surface area contributed by atoms with Crippen molar-refractivity contribution in [1.29, 1.82) is 0 Å². The lowest BCUT2D eigenvalue weighted by Gasteiger charge is -2.09. The zero-order valence-corrected chi connectivity index (χ0v) is 14.8. The number of non-ortho nitro benzene ring substituents is 1. The van der Waals surface area contributed by atoms with Crippen molar-refractivity contribution in [3.63, 3.8) is 0 Å². The second-order valence-corrected chi connectivity index (χ2v) is 6.37. The number of ether oxygens (including phenoxy) is 2. The van der Waals surface area contributed by atoms with Crippen LogP contribution in [0.5, 0.6) is 11.5 Å². The molecule has 3 rings (SSSR count). The predicted molar refractivity (Wildman–Crippen MR) is 98.2 cm³/mol. The molecule has 0 saturated carbocycles. The molecule has 0 unspecified atom stereocenters. The van der Waals surface area contributed by atoms with E-state index in [1.165, 1.54) is 30.6 Å². The molecule has 0 aliphatic heterocycles. The molecule has 26 heavy (non-hydrogen) atoms. The zero-order valence-electron chi connectivity index (χ0n) is 14.0. The molecule has 0 spiro atoms. The van der Waals surface area contributed by atoms with Gasteiger partial charge in [-0.2, -0.15) is 0 Å². The summed E-state index contributed by atoms with van der Waals surface area (Å²) < 4.78 is 11.2. The highest BCUT2D eigenvalue weighted by atomic mass is 32.1. The van der Waals surface area contributed by atoms with Gasteiger partial charge < -0.3 is 14.8 Å². The highest BCUT2D eigenvalue weighted by molar-refractivity contribution is 7.22. The van der Waals surface area contributed by atoms with E-state index in [1.54, 1.807) is 31.4 Å². The van der Waals surface area contributed by atoms with E-state index in [4.69, 9.17) is 9.47 Å². The number of nitrogens with zero attached hydrogens (tertiary/aromatic N) is 2. The number of carbonyl (C=O) groups excluding carboxylic acids is 1. The quantitative estimate of drug-likeness (QED) is 0.525. The van der Waals surface area contributed by atoms with Crippen LogP contribution in [0.3, 0.4) is 0 Å². The number of rotatable bonds is 6. The van der Waals surface area contributed by atoms with Crippen LogP contribution in [0.1, 0.15) is 5.56 Å². The molecule has 134 valence electrons. The van der Waals surface area contributed by atoms with Crippen LogP contribution in [0.15, 0.2) is 36.4 Å². The van der Waals surface area contributed by atoms with Crippen LogP contribution in [-0.4, -0.2) is 30.0 Å². The molecule has 0 fully saturated rings. The fraction of sp³-hybridized carbons (Fsp3) is 0.176. The van der Waals surface area contributed by atoms with Crippen molar-refractivity contribution in [3.05, 3.63) is 52.1 Å². The lowest BCUT2D eigenvalue weighted by Crippen LogP contribution is -2.14. The Kier molecular flexibility index (Phi) is 4.99. The molecular formula is C17H15N3O5S. The molecule has 0 radical (unpaired) electrons. The first kappa shape index (κ1) is 17.6. The van der Waals surface area contributed by atoms with E-state index in [2.05, 4.69) is 10.3 Å². The summed E-state index contributed by atoms with van der Waals surface area (Å²) in [7, 11) is 3.07. The molecule has 9 heteroatoms. The molecule has 0 bridgehead atoms. The van der Waals surface area contributed by atoms with Crippen molar-refractivity contribution >= 4 is 38.3 Å². The van der Waals surface area contributed by atoms with Crippen LogP contribution in [0.4, 0.5) is 10.8 Å². The highest BCUT2D eigenvalue weighted by Gasteiger charge is 2.13. The van der Waals surface area contributed by atoms with E-state index < -0.39 is 4.92 Å². The van der Waals surface area contributed by atoms with Crippen LogP contribution >= 0.6 is 11.3 Å². The van der Waals surface area contributed by atoms with Crippen molar-refractivity contribution in [1.82, 2.24) is 4.98 Å². The molecule has 3 aromatic rings. The Morgan fingerprint density at radius 2 is 1.96 bits per heavy atom. The number of anilines is 1. The summed E-state index contributed by atoms with van der Waals surface area (Å²) in [6.45, 7) is 0. The molecular weight excluding hydrogens is 358 g/mol. The number of nitrogens with one attached hydrogen (secondary N) is 1. The molecule has 0 saturated heterocycles. The number of fused-ring (bicyclic) bond motifs is 1. The molecule has 2 aromatic carbocycles. The lowest BCUT2D eigenvalue weighted by atomic mass is 10.1. The number of aromatic nitrogens is 1. The molecule has 0 aliphatic rings.